The Kier molecular flexibility index (Phi) is 4.47. The highest BCUT2D eigenvalue weighted by molar-refractivity contribution is 7.92. The van der Waals surface area contributed by atoms with Gasteiger partial charge in [0.2, 0.25) is 11.0 Å². The van der Waals surface area contributed by atoms with E-state index >= 15 is 0 Å². The van der Waals surface area contributed by atoms with Gasteiger partial charge >= 0.3 is 0 Å². The lowest BCUT2D eigenvalue weighted by Gasteiger charge is -2.07. The summed E-state index contributed by atoms with van der Waals surface area (Å²) in [6.45, 7) is 1.71. The summed E-state index contributed by atoms with van der Waals surface area (Å²) < 4.78 is 52.0. The maximum atomic E-state index is 13.9. The van der Waals surface area contributed by atoms with Crippen LogP contribution in [0.4, 0.5) is 10.1 Å². The predicted octanol–water partition coefficient (Wildman–Crippen LogP) is 4.24. The maximum Gasteiger partial charge on any atom is 0.295 e. The molecule has 1 fully saturated rings. The van der Waals surface area contributed by atoms with E-state index in [9.17, 15) is 12.8 Å². The zero-order valence-corrected chi connectivity index (χ0v) is 15.4. The number of hydrogen-bond donors (Lipinski definition) is 1. The average Bonchev–Trinajstić information content (AvgIpc) is 3.37. The van der Waals surface area contributed by atoms with E-state index in [1.54, 1.807) is 13.0 Å². The molecular weight excluding hydrogens is 373 g/mol. The Hall–Kier alpha value is -2.68. The molecule has 7 nitrogen and oxygen atoms in total. The molecule has 4 rings (SSSR count). The minimum Gasteiger partial charge on any atom is -0.438 e. The van der Waals surface area contributed by atoms with E-state index in [0.717, 1.165) is 25.7 Å². The molecule has 0 aliphatic heterocycles. The lowest BCUT2D eigenvalue weighted by molar-refractivity contribution is 0.421. The van der Waals surface area contributed by atoms with E-state index in [-0.39, 0.29) is 28.3 Å². The Morgan fingerprint density at radius 1 is 1.11 bits per heavy atom. The number of nitrogens with one attached hydrogen (secondary N) is 1. The number of aromatic nitrogens is 2. The van der Waals surface area contributed by atoms with Gasteiger partial charge in [-0.2, -0.15) is 8.42 Å². The van der Waals surface area contributed by atoms with Crippen molar-refractivity contribution in [1.82, 2.24) is 10.2 Å². The van der Waals surface area contributed by atoms with Gasteiger partial charge in [0.25, 0.3) is 15.9 Å². The molecule has 0 radical (unpaired) electrons. The lowest BCUT2D eigenvalue weighted by Crippen LogP contribution is -2.13. The van der Waals surface area contributed by atoms with Crippen molar-refractivity contribution in [3.05, 3.63) is 47.6 Å². The van der Waals surface area contributed by atoms with Crippen molar-refractivity contribution in [3.63, 3.8) is 0 Å². The van der Waals surface area contributed by atoms with Gasteiger partial charge in [-0.3, -0.25) is 4.72 Å². The number of hydrogen-bond acceptors (Lipinski definition) is 6. The second-order valence-electron chi connectivity index (χ2n) is 6.63. The molecule has 0 unspecified atom stereocenters. The van der Waals surface area contributed by atoms with Gasteiger partial charge in [-0.15, -0.1) is 10.2 Å². The topological polar surface area (TPSA) is 98.2 Å². The second kappa shape index (κ2) is 6.80. The van der Waals surface area contributed by atoms with Gasteiger partial charge in [0.15, 0.2) is 5.76 Å². The summed E-state index contributed by atoms with van der Waals surface area (Å²) in [6, 6.07) is 6.92. The number of aryl methyl sites for hydroxylation is 1. The van der Waals surface area contributed by atoms with Gasteiger partial charge in [0.05, 0.1) is 5.69 Å². The molecule has 1 aromatic carbocycles. The van der Waals surface area contributed by atoms with E-state index in [1.165, 1.54) is 24.3 Å². The summed E-state index contributed by atoms with van der Waals surface area (Å²) in [7, 11) is -4.09. The highest BCUT2D eigenvalue weighted by Gasteiger charge is 2.26. The summed E-state index contributed by atoms with van der Waals surface area (Å²) >= 11 is 0. The molecular formula is C18H18FN3O4S. The fourth-order valence-electron chi connectivity index (χ4n) is 3.15. The van der Waals surface area contributed by atoms with Gasteiger partial charge in [0.1, 0.15) is 5.82 Å². The SMILES string of the molecule is Cc1ccc(NS(=O)(=O)c2ccc(-c3nnc(C4CCCC4)o3)o2)c(F)c1. The van der Waals surface area contributed by atoms with Crippen LogP contribution in [0.1, 0.15) is 43.1 Å². The van der Waals surface area contributed by atoms with Crippen LogP contribution >= 0.6 is 0 Å². The normalized spacial score (nSPS) is 15.3. The number of furan rings is 1. The number of nitrogens with zero attached hydrogens (tertiary/aromatic N) is 2. The molecule has 0 bridgehead atoms. The van der Waals surface area contributed by atoms with Crippen molar-refractivity contribution in [1.29, 1.82) is 0 Å². The number of halogens is 1. The Morgan fingerprint density at radius 3 is 2.63 bits per heavy atom. The first-order chi connectivity index (χ1) is 12.9. The maximum absolute atomic E-state index is 13.9. The molecule has 9 heteroatoms. The molecule has 3 aromatic rings. The summed E-state index contributed by atoms with van der Waals surface area (Å²) in [5.74, 6) is 0.401. The number of rotatable bonds is 5. The molecule has 27 heavy (non-hydrogen) atoms. The minimum absolute atomic E-state index is 0.125. The quantitative estimate of drug-likeness (QED) is 0.699. The fraction of sp³-hybridized carbons (Fsp3) is 0.333. The Bertz CT molecular complexity index is 1070. The van der Waals surface area contributed by atoms with Crippen LogP contribution in [-0.4, -0.2) is 18.6 Å². The predicted molar refractivity (Wildman–Crippen MR) is 95.2 cm³/mol. The zero-order valence-electron chi connectivity index (χ0n) is 14.6. The van der Waals surface area contributed by atoms with Crippen LogP contribution < -0.4 is 4.72 Å². The van der Waals surface area contributed by atoms with Crippen LogP contribution in [0, 0.1) is 12.7 Å². The summed E-state index contributed by atoms with van der Waals surface area (Å²) in [4.78, 5) is 0. The monoisotopic (exact) mass is 391 g/mol. The average molecular weight is 391 g/mol. The van der Waals surface area contributed by atoms with Crippen LogP contribution in [0.3, 0.4) is 0 Å². The van der Waals surface area contributed by atoms with E-state index in [0.29, 0.717) is 11.5 Å². The van der Waals surface area contributed by atoms with Crippen molar-refractivity contribution < 1.29 is 21.6 Å². The molecule has 2 heterocycles. The highest BCUT2D eigenvalue weighted by Crippen LogP contribution is 2.35. The van der Waals surface area contributed by atoms with Gasteiger partial charge in [-0.05, 0) is 49.6 Å². The Balaban J connectivity index is 1.56. The zero-order chi connectivity index (χ0) is 19.0. The third-order valence-electron chi connectivity index (χ3n) is 4.57. The third kappa shape index (κ3) is 3.59. The molecule has 1 aliphatic rings. The summed E-state index contributed by atoms with van der Waals surface area (Å²) in [5, 5.41) is 7.63. The molecule has 1 aliphatic carbocycles. The van der Waals surface area contributed by atoms with Crippen molar-refractivity contribution in [3.8, 4) is 11.7 Å². The van der Waals surface area contributed by atoms with Crippen molar-refractivity contribution in [2.24, 2.45) is 0 Å². The standard InChI is InChI=1S/C18H18FN3O4S/c1-11-6-7-14(13(19)10-11)22-27(23,24)16-9-8-15(25-16)18-21-20-17(26-18)12-4-2-3-5-12/h6-10,12,22H,2-5H2,1H3. The second-order valence-corrected chi connectivity index (χ2v) is 8.25. The molecule has 0 atom stereocenters. The van der Waals surface area contributed by atoms with E-state index < -0.39 is 15.8 Å². The fourth-order valence-corrected chi connectivity index (χ4v) is 4.15. The van der Waals surface area contributed by atoms with Crippen LogP contribution in [-0.2, 0) is 10.0 Å². The smallest absolute Gasteiger partial charge is 0.295 e. The molecule has 0 saturated heterocycles. The first-order valence-electron chi connectivity index (χ1n) is 8.65. The lowest BCUT2D eigenvalue weighted by atomic mass is 10.1. The third-order valence-corrected chi connectivity index (χ3v) is 5.81. The van der Waals surface area contributed by atoms with E-state index in [4.69, 9.17) is 8.83 Å². The number of anilines is 1. The molecule has 142 valence electrons. The van der Waals surface area contributed by atoms with Gasteiger partial charge in [0, 0.05) is 5.92 Å². The molecule has 2 aromatic heterocycles. The molecule has 1 saturated carbocycles. The molecule has 1 N–H and O–H groups in total. The molecule has 0 spiro atoms. The first kappa shape index (κ1) is 17.7. The van der Waals surface area contributed by atoms with Gasteiger partial charge in [-0.1, -0.05) is 18.9 Å². The van der Waals surface area contributed by atoms with Crippen LogP contribution in [0.5, 0.6) is 0 Å². The van der Waals surface area contributed by atoms with Gasteiger partial charge < -0.3 is 8.83 Å². The van der Waals surface area contributed by atoms with Crippen molar-refractivity contribution in [2.45, 2.75) is 43.6 Å². The van der Waals surface area contributed by atoms with Crippen molar-refractivity contribution >= 4 is 15.7 Å². The largest absolute Gasteiger partial charge is 0.438 e. The van der Waals surface area contributed by atoms with Crippen molar-refractivity contribution in [2.75, 3.05) is 4.72 Å². The van der Waals surface area contributed by atoms with Crippen LogP contribution in [0.25, 0.3) is 11.7 Å². The first-order valence-corrected chi connectivity index (χ1v) is 10.1. The van der Waals surface area contributed by atoms with Crippen LogP contribution in [0.2, 0.25) is 0 Å². The minimum atomic E-state index is -4.09. The Morgan fingerprint density at radius 2 is 1.89 bits per heavy atom. The van der Waals surface area contributed by atoms with Gasteiger partial charge in [-0.25, -0.2) is 4.39 Å². The van der Waals surface area contributed by atoms with E-state index in [2.05, 4.69) is 14.9 Å². The number of sulfonamides is 1. The molecule has 0 amide bonds. The number of benzene rings is 1. The summed E-state index contributed by atoms with van der Waals surface area (Å²) in [5.41, 5.74) is 0.532. The Labute approximate surface area is 155 Å². The van der Waals surface area contributed by atoms with E-state index in [1.807, 2.05) is 0 Å². The highest BCUT2D eigenvalue weighted by atomic mass is 32.2. The summed E-state index contributed by atoms with van der Waals surface area (Å²) in [6.07, 6.45) is 4.27. The van der Waals surface area contributed by atoms with Crippen LogP contribution in [0.15, 0.2) is 44.3 Å².